The lowest BCUT2D eigenvalue weighted by Gasteiger charge is -2.07. The molecule has 1 rings (SSSR count). The van der Waals surface area contributed by atoms with Crippen molar-refractivity contribution in [2.75, 3.05) is 12.4 Å². The summed E-state index contributed by atoms with van der Waals surface area (Å²) >= 11 is 0. The van der Waals surface area contributed by atoms with Crippen molar-refractivity contribution in [3.63, 3.8) is 0 Å². The average Bonchev–Trinajstić information content (AvgIpc) is 2.14. The van der Waals surface area contributed by atoms with Crippen LogP contribution in [0.4, 0.5) is 8.78 Å². The van der Waals surface area contributed by atoms with Crippen LogP contribution >= 0.6 is 0 Å². The van der Waals surface area contributed by atoms with Crippen LogP contribution in [0.1, 0.15) is 6.42 Å². The maximum absolute atomic E-state index is 13.0. The number of hydrogen-bond acceptors (Lipinski definition) is 3. The van der Waals surface area contributed by atoms with Crippen LogP contribution in [0.3, 0.4) is 0 Å². The van der Waals surface area contributed by atoms with Crippen molar-refractivity contribution in [1.29, 1.82) is 0 Å². The lowest BCUT2D eigenvalue weighted by Crippen LogP contribution is -2.18. The summed E-state index contributed by atoms with van der Waals surface area (Å²) in [5, 5.41) is 4.74. The summed E-state index contributed by atoms with van der Waals surface area (Å²) in [7, 11) is -3.57. The van der Waals surface area contributed by atoms with Crippen LogP contribution in [-0.2, 0) is 10.0 Å². The fourth-order valence-electron chi connectivity index (χ4n) is 1.05. The van der Waals surface area contributed by atoms with E-state index in [1.807, 2.05) is 0 Å². The largest absolute Gasteiger partial charge is 0.488 e. The van der Waals surface area contributed by atoms with Gasteiger partial charge in [0, 0.05) is 0 Å². The third-order valence-corrected chi connectivity index (χ3v) is 2.60. The fraction of sp³-hybridized carbons (Fsp3) is 0.333. The zero-order valence-electron chi connectivity index (χ0n) is 8.32. The maximum Gasteiger partial charge on any atom is 0.209 e. The minimum Gasteiger partial charge on any atom is -0.488 e. The van der Waals surface area contributed by atoms with Gasteiger partial charge >= 0.3 is 0 Å². The summed E-state index contributed by atoms with van der Waals surface area (Å²) in [5.74, 6) is -2.44. The van der Waals surface area contributed by atoms with E-state index in [2.05, 4.69) is 0 Å². The van der Waals surface area contributed by atoms with E-state index in [1.54, 1.807) is 0 Å². The molecule has 0 aliphatic carbocycles. The fourth-order valence-corrected chi connectivity index (χ4v) is 1.57. The molecule has 0 radical (unpaired) electrons. The SMILES string of the molecule is NS(=O)(=O)CCCOc1c(F)cccc1F. The van der Waals surface area contributed by atoms with E-state index in [4.69, 9.17) is 9.88 Å². The summed E-state index contributed by atoms with van der Waals surface area (Å²) in [6.45, 7) is -0.117. The predicted molar refractivity (Wildman–Crippen MR) is 54.4 cm³/mol. The van der Waals surface area contributed by atoms with Gasteiger partial charge < -0.3 is 4.74 Å². The molecular formula is C9H11F2NO3S. The Hall–Kier alpha value is -1.21. The molecule has 0 spiro atoms. The molecule has 0 fully saturated rings. The number of halogens is 2. The molecule has 2 N–H and O–H groups in total. The van der Waals surface area contributed by atoms with Crippen molar-refractivity contribution in [1.82, 2.24) is 0 Å². The van der Waals surface area contributed by atoms with Crippen molar-refractivity contribution in [2.24, 2.45) is 5.14 Å². The molecule has 0 aliphatic heterocycles. The van der Waals surface area contributed by atoms with Crippen molar-refractivity contribution in [3.8, 4) is 5.75 Å². The number of nitrogens with two attached hydrogens (primary N) is 1. The Bertz CT molecular complexity index is 442. The Morgan fingerprint density at radius 2 is 1.81 bits per heavy atom. The highest BCUT2D eigenvalue weighted by molar-refractivity contribution is 7.89. The summed E-state index contributed by atoms with van der Waals surface area (Å²) in [6.07, 6.45) is 0.0760. The van der Waals surface area contributed by atoms with Crippen molar-refractivity contribution in [3.05, 3.63) is 29.8 Å². The van der Waals surface area contributed by atoms with Crippen LogP contribution < -0.4 is 9.88 Å². The lowest BCUT2D eigenvalue weighted by atomic mass is 10.3. The van der Waals surface area contributed by atoms with Gasteiger partial charge in [-0.25, -0.2) is 22.3 Å². The van der Waals surface area contributed by atoms with Crippen molar-refractivity contribution in [2.45, 2.75) is 6.42 Å². The number of sulfonamides is 1. The number of primary sulfonamides is 1. The summed E-state index contributed by atoms with van der Waals surface area (Å²) in [4.78, 5) is 0. The predicted octanol–water partition coefficient (Wildman–Crippen LogP) is 1.02. The molecule has 0 saturated heterocycles. The Labute approximate surface area is 92.1 Å². The van der Waals surface area contributed by atoms with Gasteiger partial charge in [0.15, 0.2) is 17.4 Å². The van der Waals surface area contributed by atoms with Gasteiger partial charge in [0.1, 0.15) is 0 Å². The molecule has 4 nitrogen and oxygen atoms in total. The minimum absolute atomic E-state index is 0.0760. The minimum atomic E-state index is -3.57. The molecule has 0 saturated carbocycles. The van der Waals surface area contributed by atoms with E-state index in [0.29, 0.717) is 0 Å². The number of ether oxygens (including phenoxy) is 1. The van der Waals surface area contributed by atoms with Gasteiger partial charge in [0.05, 0.1) is 12.4 Å². The van der Waals surface area contributed by atoms with E-state index in [1.165, 1.54) is 6.07 Å². The number of benzene rings is 1. The molecular weight excluding hydrogens is 240 g/mol. The number of hydrogen-bond donors (Lipinski definition) is 1. The average molecular weight is 251 g/mol. The summed E-state index contributed by atoms with van der Waals surface area (Å²) in [5.41, 5.74) is 0. The zero-order valence-corrected chi connectivity index (χ0v) is 9.14. The third-order valence-electron chi connectivity index (χ3n) is 1.74. The van der Waals surface area contributed by atoms with Gasteiger partial charge in [-0.3, -0.25) is 0 Å². The first kappa shape index (κ1) is 12.9. The second-order valence-corrected chi connectivity index (χ2v) is 4.85. The molecule has 0 heterocycles. The van der Waals surface area contributed by atoms with Crippen molar-refractivity contribution >= 4 is 10.0 Å². The van der Waals surface area contributed by atoms with E-state index >= 15 is 0 Å². The Balaban J connectivity index is 2.49. The Morgan fingerprint density at radius 3 is 2.31 bits per heavy atom. The van der Waals surface area contributed by atoms with Gasteiger partial charge in [0.2, 0.25) is 10.0 Å². The van der Waals surface area contributed by atoms with E-state index in [0.717, 1.165) is 12.1 Å². The number of para-hydroxylation sites is 1. The second kappa shape index (κ2) is 5.22. The van der Waals surface area contributed by atoms with Crippen molar-refractivity contribution < 1.29 is 21.9 Å². The van der Waals surface area contributed by atoms with E-state index < -0.39 is 27.4 Å². The summed E-state index contributed by atoms with van der Waals surface area (Å²) < 4.78 is 51.9. The Kier molecular flexibility index (Phi) is 4.19. The quantitative estimate of drug-likeness (QED) is 0.794. The molecule has 0 amide bonds. The highest BCUT2D eigenvalue weighted by atomic mass is 32.2. The molecule has 1 aromatic carbocycles. The maximum atomic E-state index is 13.0. The van der Waals surface area contributed by atoms with Gasteiger partial charge in [-0.2, -0.15) is 0 Å². The molecule has 90 valence electrons. The zero-order chi connectivity index (χ0) is 12.2. The molecule has 0 aliphatic rings. The van der Waals surface area contributed by atoms with Crippen LogP contribution in [0, 0.1) is 11.6 Å². The molecule has 7 heteroatoms. The standard InChI is InChI=1S/C9H11F2NO3S/c10-7-3-1-4-8(11)9(7)15-5-2-6-16(12,13)14/h1,3-4H,2,5-6H2,(H2,12,13,14). The Morgan fingerprint density at radius 1 is 1.25 bits per heavy atom. The van der Waals surface area contributed by atoms with Crippen LogP contribution in [0.25, 0.3) is 0 Å². The van der Waals surface area contributed by atoms with Crippen LogP contribution in [0.15, 0.2) is 18.2 Å². The van der Waals surface area contributed by atoms with Crippen LogP contribution in [0.2, 0.25) is 0 Å². The van der Waals surface area contributed by atoms with E-state index in [9.17, 15) is 17.2 Å². The lowest BCUT2D eigenvalue weighted by molar-refractivity contribution is 0.285. The van der Waals surface area contributed by atoms with E-state index in [-0.39, 0.29) is 18.8 Å². The van der Waals surface area contributed by atoms with Gasteiger partial charge in [-0.1, -0.05) is 6.07 Å². The topological polar surface area (TPSA) is 69.4 Å². The van der Waals surface area contributed by atoms with Crippen LogP contribution in [-0.4, -0.2) is 20.8 Å². The molecule has 0 unspecified atom stereocenters. The highest BCUT2D eigenvalue weighted by Gasteiger charge is 2.09. The van der Waals surface area contributed by atoms with Gasteiger partial charge in [0.25, 0.3) is 0 Å². The normalized spacial score (nSPS) is 11.4. The molecule has 16 heavy (non-hydrogen) atoms. The third kappa shape index (κ3) is 4.11. The molecule has 1 aromatic rings. The first-order chi connectivity index (χ1) is 7.40. The first-order valence-corrected chi connectivity index (χ1v) is 6.19. The molecule has 0 atom stereocenters. The second-order valence-electron chi connectivity index (χ2n) is 3.12. The summed E-state index contributed by atoms with van der Waals surface area (Å²) in [6, 6.07) is 3.32. The highest BCUT2D eigenvalue weighted by Crippen LogP contribution is 2.20. The first-order valence-electron chi connectivity index (χ1n) is 4.47. The monoisotopic (exact) mass is 251 g/mol. The van der Waals surface area contributed by atoms with Crippen LogP contribution in [0.5, 0.6) is 5.75 Å². The molecule has 0 bridgehead atoms. The molecule has 0 aromatic heterocycles. The van der Waals surface area contributed by atoms with Gasteiger partial charge in [-0.15, -0.1) is 0 Å². The van der Waals surface area contributed by atoms with Gasteiger partial charge in [-0.05, 0) is 18.6 Å². The smallest absolute Gasteiger partial charge is 0.209 e. The number of rotatable bonds is 5.